The van der Waals surface area contributed by atoms with Crippen molar-refractivity contribution in [2.24, 2.45) is 22.7 Å². The summed E-state index contributed by atoms with van der Waals surface area (Å²) in [5.41, 5.74) is 12.4. The zero-order valence-electron chi connectivity index (χ0n) is 83.5. The second kappa shape index (κ2) is 46.0. The summed E-state index contributed by atoms with van der Waals surface area (Å²) in [6, 6.07) is 79.1. The van der Waals surface area contributed by atoms with Gasteiger partial charge < -0.3 is 30.2 Å². The number of ether oxygens (including phenoxy) is 3. The molecular formula is C123H109N3O21. The lowest BCUT2D eigenvalue weighted by atomic mass is 9.80. The van der Waals surface area contributed by atoms with Crippen LogP contribution in [0, 0.1) is 22.7 Å². The highest BCUT2D eigenvalue weighted by atomic mass is 16.6. The average Bonchev–Trinajstić information content (AvgIpc) is 0.748. The monoisotopic (exact) mass is 1960 g/mol. The van der Waals surface area contributed by atoms with E-state index in [1.165, 1.54) is 29.8 Å². The molecule has 0 saturated heterocycles. The summed E-state index contributed by atoms with van der Waals surface area (Å²) in [4.78, 5) is 227. The van der Waals surface area contributed by atoms with Crippen LogP contribution in [0.25, 0.3) is 0 Å². The molecule has 3 unspecified atom stereocenters. The Hall–Kier alpha value is -17.3. The summed E-state index contributed by atoms with van der Waals surface area (Å²) >= 11 is 0. The van der Waals surface area contributed by atoms with Gasteiger partial charge in [-0.05, 0) is 157 Å². The van der Waals surface area contributed by atoms with E-state index in [9.17, 15) is 86.3 Å². The van der Waals surface area contributed by atoms with Crippen LogP contribution >= 0.6 is 0 Å². The van der Waals surface area contributed by atoms with Gasteiger partial charge in [0.25, 0.3) is 5.91 Å². The Bertz CT molecular complexity index is 7520. The van der Waals surface area contributed by atoms with Crippen molar-refractivity contribution in [1.82, 2.24) is 0 Å². The molecular weight excluding hydrogens is 1860 g/mol. The standard InChI is InChI=1S/2C28H25NO4.C25H21NO3.C22H20O6.C20H18O4/c1-4-28(2,3)27(33)29-18-14-12-17(13-15-18)16-23(30)21-10-7-11-22-24(21)26(32)20-9-6-5-8-19(20)25(22)31;1-4-28(2,3)27(33)29-19-12-9-17(10-13-19)15-24(30)18-11-14-22-23(16-18)26(32)21-8-6-5-7-20(21)25(22)31;1-3-15(2)16-8-10-17(11-9-16)25(29)26-18-12-13-21-22(14-18)24(28)20-7-5-4-6-19(20)23(21)27;1-3-13(2)21(25)27-10-11-28-22(26)14-8-9-17-18(12-14)20(24)16-7-5-4-6-15(16)19(17)23;1-3-12(2)20(23)24-11-13-8-9-16-17(10-13)19(22)15-7-5-4-6-14(15)18(16)21/h5-15H,4,16H2,1-3H3,(H,29,33);5-14,16H,4,15H2,1-3H3,(H,29,33);4-15H,3H2,1-2H3,(H,26,29);4-9,12-13H,3,10-11H2,1-2H3;4-10,12H,3,11H2,1-2H3. The number of rotatable bonds is 26. The molecule has 13 aromatic rings. The van der Waals surface area contributed by atoms with Crippen LogP contribution in [-0.2, 0) is 52.8 Å². The number of hydrogen-bond donors (Lipinski definition) is 3. The molecule has 24 nitrogen and oxygen atoms in total. The molecule has 3 amide bonds. The van der Waals surface area contributed by atoms with Crippen molar-refractivity contribution in [2.45, 2.75) is 141 Å². The van der Waals surface area contributed by atoms with Crippen LogP contribution in [0.1, 0.15) is 344 Å². The van der Waals surface area contributed by atoms with Gasteiger partial charge in [-0.1, -0.05) is 271 Å². The van der Waals surface area contributed by atoms with E-state index in [1.807, 2.05) is 74.4 Å². The van der Waals surface area contributed by atoms with Crippen molar-refractivity contribution in [2.75, 3.05) is 29.2 Å². The van der Waals surface area contributed by atoms with Crippen molar-refractivity contribution >= 4 is 122 Å². The number of fused-ring (bicyclic) bond motifs is 10. The van der Waals surface area contributed by atoms with Crippen LogP contribution in [0.3, 0.4) is 0 Å². The molecule has 0 heterocycles. The van der Waals surface area contributed by atoms with E-state index in [0.29, 0.717) is 136 Å². The predicted molar refractivity (Wildman–Crippen MR) is 556 cm³/mol. The number of Topliss-reactive ketones (excluding diaryl/α,β-unsaturated/α-hetero) is 2. The van der Waals surface area contributed by atoms with Gasteiger partial charge in [-0.15, -0.1) is 0 Å². The molecule has 147 heavy (non-hydrogen) atoms. The molecule has 3 N–H and O–H groups in total. The average molecular weight is 1970 g/mol. The summed E-state index contributed by atoms with van der Waals surface area (Å²) in [7, 11) is 0. The quantitative estimate of drug-likeness (QED) is 0.0196. The third-order valence-corrected chi connectivity index (χ3v) is 27.3. The van der Waals surface area contributed by atoms with E-state index in [1.54, 1.807) is 256 Å². The largest absolute Gasteiger partial charge is 0.462 e. The summed E-state index contributed by atoms with van der Waals surface area (Å²) in [6.07, 6.45) is 4.10. The van der Waals surface area contributed by atoms with E-state index >= 15 is 0 Å². The van der Waals surface area contributed by atoms with Gasteiger partial charge in [0, 0.05) is 169 Å². The molecule has 0 saturated carbocycles. The normalized spacial score (nSPS) is 13.2. The summed E-state index contributed by atoms with van der Waals surface area (Å²) in [6.45, 7) is 23.1. The number of ketones is 12. The molecule has 5 aliphatic rings. The van der Waals surface area contributed by atoms with Crippen LogP contribution in [0.5, 0.6) is 0 Å². The maximum absolute atomic E-state index is 13.2. The lowest BCUT2D eigenvalue weighted by Gasteiger charge is -2.21. The van der Waals surface area contributed by atoms with Crippen molar-refractivity contribution in [1.29, 1.82) is 0 Å². The summed E-state index contributed by atoms with van der Waals surface area (Å²) in [5.74, 6) is -4.18. The van der Waals surface area contributed by atoms with E-state index in [-0.39, 0.29) is 183 Å². The van der Waals surface area contributed by atoms with Crippen LogP contribution < -0.4 is 16.0 Å². The highest BCUT2D eigenvalue weighted by molar-refractivity contribution is 6.33. The van der Waals surface area contributed by atoms with Crippen LogP contribution in [0.15, 0.2) is 285 Å². The minimum absolute atomic E-state index is 0.0371. The highest BCUT2D eigenvalue weighted by Crippen LogP contribution is 2.37. The molecule has 0 aliphatic heterocycles. The fourth-order valence-electron chi connectivity index (χ4n) is 16.7. The molecule has 0 spiro atoms. The molecule has 742 valence electrons. The second-order valence-electron chi connectivity index (χ2n) is 37.8. The molecule has 24 heteroatoms. The first-order chi connectivity index (χ1) is 70.4. The topological polar surface area (TPSA) is 371 Å². The Labute approximate surface area is 850 Å². The number of hydrogen-bond acceptors (Lipinski definition) is 21. The summed E-state index contributed by atoms with van der Waals surface area (Å²) < 4.78 is 15.4. The highest BCUT2D eigenvalue weighted by Gasteiger charge is 2.38. The first-order valence-electron chi connectivity index (χ1n) is 48.8. The van der Waals surface area contributed by atoms with Gasteiger partial charge in [0.15, 0.2) is 69.4 Å². The Morgan fingerprint density at radius 2 is 0.599 bits per heavy atom. The number of benzene rings is 13. The number of esters is 3. The van der Waals surface area contributed by atoms with Crippen molar-refractivity contribution in [3.63, 3.8) is 0 Å². The van der Waals surface area contributed by atoms with Crippen molar-refractivity contribution < 1.29 is 101 Å². The van der Waals surface area contributed by atoms with Gasteiger partial charge in [0.05, 0.1) is 17.4 Å². The third-order valence-electron chi connectivity index (χ3n) is 27.3. The Morgan fingerprint density at radius 1 is 0.279 bits per heavy atom. The molecule has 0 radical (unpaired) electrons. The molecule has 13 aromatic carbocycles. The maximum atomic E-state index is 13.2. The summed E-state index contributed by atoms with van der Waals surface area (Å²) in [5, 5.41) is 8.63. The zero-order chi connectivity index (χ0) is 106. The SMILES string of the molecule is CCC(C)(C)C(=O)Nc1ccc(CC(=O)c2ccc3c(c2)C(=O)c2ccccc2C3=O)cc1.CCC(C)(C)C(=O)Nc1ccc(CC(=O)c2cccc3c2C(=O)c2ccccc2C3=O)cc1.CCC(C)C(=O)OCCOC(=O)c1ccc2c(c1)C(=O)c1ccccc1C2=O.CCC(C)C(=O)OCc1ccc2c(c1)C(=O)c1ccccc1C2=O.CCC(C)c1ccc(C(=O)Nc2ccc3c(c2)C(=O)c2ccccc2C3=O)cc1. The van der Waals surface area contributed by atoms with Crippen molar-refractivity contribution in [3.05, 3.63) is 441 Å². The first kappa shape index (κ1) is 106. The third kappa shape index (κ3) is 23.3. The van der Waals surface area contributed by atoms with Crippen LogP contribution in [0.2, 0.25) is 0 Å². The molecule has 3 atom stereocenters. The molecule has 0 aromatic heterocycles. The lowest BCUT2D eigenvalue weighted by molar-refractivity contribution is -0.150. The van der Waals surface area contributed by atoms with E-state index in [4.69, 9.17) is 14.2 Å². The number of amides is 3. The van der Waals surface area contributed by atoms with Gasteiger partial charge >= 0.3 is 17.9 Å². The number of carbonyl (C=O) groups excluding carboxylic acids is 18. The Morgan fingerprint density at radius 3 is 1.01 bits per heavy atom. The van der Waals surface area contributed by atoms with Gasteiger partial charge in [0.2, 0.25) is 11.8 Å². The minimum atomic E-state index is -0.651. The van der Waals surface area contributed by atoms with E-state index < -0.39 is 16.8 Å². The number of carbonyl (C=O) groups is 18. The molecule has 18 rings (SSSR count). The number of anilines is 3. The van der Waals surface area contributed by atoms with E-state index in [2.05, 4.69) is 29.8 Å². The van der Waals surface area contributed by atoms with Gasteiger partial charge in [-0.3, -0.25) is 81.5 Å². The Balaban J connectivity index is 0.000000146. The maximum Gasteiger partial charge on any atom is 0.338 e. The van der Waals surface area contributed by atoms with Gasteiger partial charge in [0.1, 0.15) is 19.8 Å². The molecule has 5 aliphatic carbocycles. The second-order valence-corrected chi connectivity index (χ2v) is 37.8. The van der Waals surface area contributed by atoms with Gasteiger partial charge in [-0.25, -0.2) is 4.79 Å². The zero-order valence-corrected chi connectivity index (χ0v) is 83.5. The molecule has 0 fully saturated rings. The van der Waals surface area contributed by atoms with Gasteiger partial charge in [-0.2, -0.15) is 0 Å². The molecule has 0 bridgehead atoms. The smallest absolute Gasteiger partial charge is 0.338 e. The Kier molecular flexibility index (Phi) is 33.0. The minimum Gasteiger partial charge on any atom is -0.462 e. The first-order valence-corrected chi connectivity index (χ1v) is 48.8. The van der Waals surface area contributed by atoms with Crippen LogP contribution in [0.4, 0.5) is 17.1 Å². The van der Waals surface area contributed by atoms with Crippen molar-refractivity contribution in [3.8, 4) is 0 Å². The fourth-order valence-corrected chi connectivity index (χ4v) is 16.7. The number of nitrogens with one attached hydrogen (secondary N) is 3. The lowest BCUT2D eigenvalue weighted by Crippen LogP contribution is -2.29. The van der Waals surface area contributed by atoms with Crippen LogP contribution in [-0.4, -0.2) is 118 Å². The van der Waals surface area contributed by atoms with E-state index in [0.717, 1.165) is 30.4 Å². The fraction of sp³-hybridized carbons (Fsp3) is 0.220. The predicted octanol–water partition coefficient (Wildman–Crippen LogP) is 22.5.